The van der Waals surface area contributed by atoms with Crippen molar-refractivity contribution in [1.82, 2.24) is 10.3 Å². The molecule has 2 N–H and O–H groups in total. The molecule has 2 amide bonds. The maximum absolute atomic E-state index is 12.5. The molecule has 35 heavy (non-hydrogen) atoms. The molecule has 3 heterocycles. The summed E-state index contributed by atoms with van der Waals surface area (Å²) in [5.41, 5.74) is 4.52. The second-order valence-electron chi connectivity index (χ2n) is 8.36. The number of ether oxygens (including phenoxy) is 2. The summed E-state index contributed by atoms with van der Waals surface area (Å²) in [6.07, 6.45) is 0.155. The van der Waals surface area contributed by atoms with Gasteiger partial charge in [-0.3, -0.25) is 9.69 Å². The lowest BCUT2D eigenvalue weighted by Crippen LogP contribution is -2.26. The predicted octanol–water partition coefficient (Wildman–Crippen LogP) is 4.31. The molecule has 0 aliphatic carbocycles. The zero-order valence-corrected chi connectivity index (χ0v) is 20.1. The summed E-state index contributed by atoms with van der Waals surface area (Å²) >= 11 is 1.50. The average molecular weight is 491 g/mol. The number of benzene rings is 2. The molecule has 1 atom stereocenters. The summed E-state index contributed by atoms with van der Waals surface area (Å²) in [6.45, 7) is 1.89. The number of hydrogen-bond acceptors (Lipinski definition) is 7. The van der Waals surface area contributed by atoms with E-state index in [1.54, 1.807) is 12.0 Å². The summed E-state index contributed by atoms with van der Waals surface area (Å²) < 4.78 is 10.8. The zero-order chi connectivity index (χ0) is 24.2. The van der Waals surface area contributed by atoms with E-state index in [-0.39, 0.29) is 18.1 Å². The Morgan fingerprint density at radius 2 is 2.06 bits per heavy atom. The van der Waals surface area contributed by atoms with E-state index in [1.807, 2.05) is 48.5 Å². The molecule has 180 valence electrons. The highest BCUT2D eigenvalue weighted by molar-refractivity contribution is 8.00. The third-order valence-corrected chi connectivity index (χ3v) is 6.98. The van der Waals surface area contributed by atoms with E-state index in [0.717, 1.165) is 33.1 Å². The average Bonchev–Trinajstić information content (AvgIpc) is 3.26. The van der Waals surface area contributed by atoms with Crippen LogP contribution in [0.25, 0.3) is 11.3 Å². The standard InChI is InChI=1S/C26H26N4O4S/c1-33-25-7-3-6-21(29-25)18-5-2-4-17(12-18)14-27-11-10-20-15-30(26(32)34-20)19-8-9-23-22(13-19)28-24(31)16-35-23/h2-9,12-13,20,27H,10-11,14-16H2,1H3,(H,28,31)/t20-/m1/s1. The van der Waals surface area contributed by atoms with Crippen LogP contribution in [0.4, 0.5) is 16.2 Å². The number of anilines is 2. The van der Waals surface area contributed by atoms with Crippen LogP contribution in [0.5, 0.6) is 5.88 Å². The number of nitrogens with one attached hydrogen (secondary N) is 2. The number of hydrogen-bond donors (Lipinski definition) is 2. The summed E-state index contributed by atoms with van der Waals surface area (Å²) in [5.74, 6) is 0.970. The minimum absolute atomic E-state index is 0.0297. The van der Waals surface area contributed by atoms with Crippen molar-refractivity contribution in [2.24, 2.45) is 0 Å². The number of methoxy groups -OCH3 is 1. The monoisotopic (exact) mass is 490 g/mol. The summed E-state index contributed by atoms with van der Waals surface area (Å²) in [6, 6.07) is 19.6. The number of carbonyl (C=O) groups is 2. The zero-order valence-electron chi connectivity index (χ0n) is 19.3. The first-order valence-corrected chi connectivity index (χ1v) is 12.4. The molecule has 2 aromatic carbocycles. The smallest absolute Gasteiger partial charge is 0.414 e. The molecular weight excluding hydrogens is 464 g/mol. The topological polar surface area (TPSA) is 92.8 Å². The minimum Gasteiger partial charge on any atom is -0.481 e. The number of pyridine rings is 1. The second kappa shape index (κ2) is 10.4. The van der Waals surface area contributed by atoms with Gasteiger partial charge in [-0.25, -0.2) is 9.78 Å². The Kier molecular flexibility index (Phi) is 6.87. The fourth-order valence-electron chi connectivity index (χ4n) is 4.15. The van der Waals surface area contributed by atoms with Crippen LogP contribution in [0.15, 0.2) is 65.6 Å². The Morgan fingerprint density at radius 3 is 2.94 bits per heavy atom. The summed E-state index contributed by atoms with van der Waals surface area (Å²) in [7, 11) is 1.61. The number of rotatable bonds is 8. The lowest BCUT2D eigenvalue weighted by atomic mass is 10.1. The Morgan fingerprint density at radius 1 is 1.17 bits per heavy atom. The molecule has 2 aliphatic heterocycles. The Balaban J connectivity index is 1.13. The maximum Gasteiger partial charge on any atom is 0.414 e. The third kappa shape index (κ3) is 5.41. The van der Waals surface area contributed by atoms with Crippen molar-refractivity contribution in [3.8, 4) is 17.1 Å². The van der Waals surface area contributed by atoms with Crippen molar-refractivity contribution in [2.75, 3.05) is 36.2 Å². The quantitative estimate of drug-likeness (QED) is 0.455. The van der Waals surface area contributed by atoms with E-state index < -0.39 is 0 Å². The maximum atomic E-state index is 12.5. The van der Waals surface area contributed by atoms with Crippen LogP contribution >= 0.6 is 11.8 Å². The summed E-state index contributed by atoms with van der Waals surface area (Å²) in [5, 5.41) is 6.31. The van der Waals surface area contributed by atoms with Crippen LogP contribution in [0.3, 0.4) is 0 Å². The molecule has 0 unspecified atom stereocenters. The van der Waals surface area contributed by atoms with Gasteiger partial charge in [-0.05, 0) is 48.9 Å². The van der Waals surface area contributed by atoms with Gasteiger partial charge in [0.05, 0.1) is 30.8 Å². The highest BCUT2D eigenvalue weighted by atomic mass is 32.2. The first-order valence-electron chi connectivity index (χ1n) is 11.4. The lowest BCUT2D eigenvalue weighted by Gasteiger charge is -2.20. The van der Waals surface area contributed by atoms with E-state index in [2.05, 4.69) is 27.8 Å². The largest absolute Gasteiger partial charge is 0.481 e. The molecule has 0 saturated carbocycles. The van der Waals surface area contributed by atoms with Crippen molar-refractivity contribution in [3.05, 3.63) is 66.2 Å². The van der Waals surface area contributed by atoms with Crippen LogP contribution < -0.4 is 20.3 Å². The van der Waals surface area contributed by atoms with Gasteiger partial charge in [0.15, 0.2) is 0 Å². The van der Waals surface area contributed by atoms with Gasteiger partial charge in [-0.15, -0.1) is 11.8 Å². The molecule has 0 bridgehead atoms. The van der Waals surface area contributed by atoms with Crippen LogP contribution in [-0.4, -0.2) is 49.0 Å². The molecule has 2 aliphatic rings. The summed E-state index contributed by atoms with van der Waals surface area (Å²) in [4.78, 5) is 31.3. The molecule has 1 aromatic heterocycles. The van der Waals surface area contributed by atoms with Crippen molar-refractivity contribution in [3.63, 3.8) is 0 Å². The number of fused-ring (bicyclic) bond motifs is 1. The molecule has 9 heteroatoms. The van der Waals surface area contributed by atoms with E-state index in [0.29, 0.717) is 37.7 Å². The van der Waals surface area contributed by atoms with Crippen LogP contribution in [-0.2, 0) is 16.1 Å². The van der Waals surface area contributed by atoms with Crippen LogP contribution in [0.2, 0.25) is 0 Å². The van der Waals surface area contributed by atoms with Gasteiger partial charge in [0.1, 0.15) is 6.10 Å². The molecule has 3 aromatic rings. The molecule has 1 fully saturated rings. The van der Waals surface area contributed by atoms with Gasteiger partial charge < -0.3 is 20.1 Å². The van der Waals surface area contributed by atoms with Gasteiger partial charge in [0.2, 0.25) is 11.8 Å². The van der Waals surface area contributed by atoms with Crippen molar-refractivity contribution in [1.29, 1.82) is 0 Å². The first kappa shape index (κ1) is 23.2. The highest BCUT2D eigenvalue weighted by Gasteiger charge is 2.32. The fraction of sp³-hybridized carbons (Fsp3) is 0.269. The Hall–Kier alpha value is -3.56. The predicted molar refractivity (Wildman–Crippen MR) is 136 cm³/mol. The van der Waals surface area contributed by atoms with Gasteiger partial charge in [-0.2, -0.15) is 0 Å². The van der Waals surface area contributed by atoms with Crippen LogP contribution in [0, 0.1) is 0 Å². The van der Waals surface area contributed by atoms with E-state index in [1.165, 1.54) is 11.8 Å². The van der Waals surface area contributed by atoms with Crippen molar-refractivity contribution >= 4 is 35.1 Å². The van der Waals surface area contributed by atoms with Gasteiger partial charge in [0, 0.05) is 28.8 Å². The SMILES string of the molecule is COc1cccc(-c2cccc(CNCC[C@@H]3CN(c4ccc5c(c4)NC(=O)CS5)C(=O)O3)c2)n1. The molecule has 1 saturated heterocycles. The number of carbonyl (C=O) groups excluding carboxylic acids is 2. The fourth-order valence-corrected chi connectivity index (χ4v) is 4.94. The number of thioether (sulfide) groups is 1. The number of cyclic esters (lactones) is 1. The number of nitrogens with zero attached hydrogens (tertiary/aromatic N) is 2. The second-order valence-corrected chi connectivity index (χ2v) is 9.38. The normalized spacial score (nSPS) is 17.1. The van der Waals surface area contributed by atoms with Crippen LogP contribution in [0.1, 0.15) is 12.0 Å². The first-order chi connectivity index (χ1) is 17.1. The molecular formula is C26H26N4O4S. The van der Waals surface area contributed by atoms with E-state index in [9.17, 15) is 9.59 Å². The number of aromatic nitrogens is 1. The lowest BCUT2D eigenvalue weighted by molar-refractivity contribution is -0.113. The Labute approximate surface area is 208 Å². The number of amides is 2. The van der Waals surface area contributed by atoms with Crippen molar-refractivity contribution < 1.29 is 19.1 Å². The molecule has 0 radical (unpaired) electrons. The van der Waals surface area contributed by atoms with E-state index >= 15 is 0 Å². The van der Waals surface area contributed by atoms with Gasteiger partial charge >= 0.3 is 6.09 Å². The molecule has 0 spiro atoms. The molecule has 5 rings (SSSR count). The van der Waals surface area contributed by atoms with Gasteiger partial charge in [0.25, 0.3) is 0 Å². The van der Waals surface area contributed by atoms with Crippen molar-refractivity contribution in [2.45, 2.75) is 24.0 Å². The molecule has 8 nitrogen and oxygen atoms in total. The Bertz CT molecular complexity index is 1250. The van der Waals surface area contributed by atoms with E-state index in [4.69, 9.17) is 9.47 Å². The third-order valence-electron chi connectivity index (χ3n) is 5.91. The highest BCUT2D eigenvalue weighted by Crippen LogP contribution is 2.35. The van der Waals surface area contributed by atoms with Gasteiger partial charge in [-0.1, -0.05) is 24.3 Å². The minimum atomic E-state index is -0.358.